The lowest BCUT2D eigenvalue weighted by atomic mass is 10.2. The van der Waals surface area contributed by atoms with E-state index in [-0.39, 0.29) is 0 Å². The highest BCUT2D eigenvalue weighted by Crippen LogP contribution is 2.36. The highest BCUT2D eigenvalue weighted by molar-refractivity contribution is 9.11. The fourth-order valence-corrected chi connectivity index (χ4v) is 3.49. The molecule has 0 aliphatic carbocycles. The molecule has 21 heavy (non-hydrogen) atoms. The number of methoxy groups -OCH3 is 1. The Bertz CT molecular complexity index is 682. The Morgan fingerprint density at radius 2 is 1.86 bits per heavy atom. The maximum atomic E-state index is 11.0. The van der Waals surface area contributed by atoms with E-state index >= 15 is 0 Å². The van der Waals surface area contributed by atoms with Crippen molar-refractivity contribution < 1.29 is 19.4 Å². The molecule has 0 unspecified atom stereocenters. The summed E-state index contributed by atoms with van der Waals surface area (Å²) in [6.07, 6.45) is 0. The third-order valence-electron chi connectivity index (χ3n) is 2.82. The molecule has 1 N–H and O–H groups in total. The van der Waals surface area contributed by atoms with Gasteiger partial charge in [0.2, 0.25) is 0 Å². The average Bonchev–Trinajstić information content (AvgIpc) is 2.81. The van der Waals surface area contributed by atoms with Gasteiger partial charge in [-0.05, 0) is 57.0 Å². The molecular formula is C14H12Br2O4S. The smallest absolute Gasteiger partial charge is 0.345 e. The molecule has 1 aromatic carbocycles. The number of aryl methyl sites for hydroxylation is 1. The van der Waals surface area contributed by atoms with Gasteiger partial charge in [0.25, 0.3) is 0 Å². The first-order valence-corrected chi connectivity index (χ1v) is 8.31. The molecule has 0 amide bonds. The lowest BCUT2D eigenvalue weighted by molar-refractivity contribution is 0.0702. The summed E-state index contributed by atoms with van der Waals surface area (Å²) in [6, 6.07) is 5.26. The van der Waals surface area contributed by atoms with E-state index in [9.17, 15) is 4.79 Å². The van der Waals surface area contributed by atoms with Gasteiger partial charge in [-0.2, -0.15) is 0 Å². The second kappa shape index (κ2) is 6.81. The number of carbonyl (C=O) groups is 1. The predicted molar refractivity (Wildman–Crippen MR) is 88.7 cm³/mol. The minimum atomic E-state index is -0.914. The second-order valence-electron chi connectivity index (χ2n) is 4.20. The number of hydrogen-bond donors (Lipinski definition) is 1. The lowest BCUT2D eigenvalue weighted by Crippen LogP contribution is -1.97. The lowest BCUT2D eigenvalue weighted by Gasteiger charge is -2.11. The minimum Gasteiger partial charge on any atom is -0.496 e. The van der Waals surface area contributed by atoms with Gasteiger partial charge in [0.15, 0.2) is 0 Å². The van der Waals surface area contributed by atoms with Crippen LogP contribution in [0.2, 0.25) is 0 Å². The molecule has 112 valence electrons. The number of ether oxygens (including phenoxy) is 2. The standard InChI is InChI=1S/C14H12Br2O4S/c1-7-8(3-13(21-7)14(17)18)6-20-12-5-9(15)11(19-2)4-10(12)16/h3-5H,6H2,1-2H3,(H,17,18). The molecule has 0 fully saturated rings. The SMILES string of the molecule is COc1cc(Br)c(OCc2cc(C(=O)O)sc2C)cc1Br. The van der Waals surface area contributed by atoms with Gasteiger partial charge in [-0.3, -0.25) is 0 Å². The van der Waals surface area contributed by atoms with E-state index in [2.05, 4.69) is 31.9 Å². The van der Waals surface area contributed by atoms with Crippen LogP contribution in [0.4, 0.5) is 0 Å². The van der Waals surface area contributed by atoms with E-state index in [4.69, 9.17) is 14.6 Å². The first-order valence-electron chi connectivity index (χ1n) is 5.90. The summed E-state index contributed by atoms with van der Waals surface area (Å²) in [5.41, 5.74) is 0.872. The van der Waals surface area contributed by atoms with Crippen LogP contribution in [-0.4, -0.2) is 18.2 Å². The monoisotopic (exact) mass is 434 g/mol. The van der Waals surface area contributed by atoms with Gasteiger partial charge in [0, 0.05) is 10.4 Å². The van der Waals surface area contributed by atoms with E-state index in [1.807, 2.05) is 19.1 Å². The molecule has 0 saturated heterocycles. The summed E-state index contributed by atoms with van der Waals surface area (Å²) in [5, 5.41) is 8.99. The van der Waals surface area contributed by atoms with Crippen LogP contribution >= 0.6 is 43.2 Å². The molecule has 0 radical (unpaired) electrons. The van der Waals surface area contributed by atoms with Crippen LogP contribution in [0.5, 0.6) is 11.5 Å². The highest BCUT2D eigenvalue weighted by atomic mass is 79.9. The highest BCUT2D eigenvalue weighted by Gasteiger charge is 2.13. The zero-order chi connectivity index (χ0) is 15.6. The van der Waals surface area contributed by atoms with Crippen LogP contribution < -0.4 is 9.47 Å². The van der Waals surface area contributed by atoms with Crippen LogP contribution in [0.25, 0.3) is 0 Å². The summed E-state index contributed by atoms with van der Waals surface area (Å²) < 4.78 is 12.5. The van der Waals surface area contributed by atoms with Crippen LogP contribution in [0.3, 0.4) is 0 Å². The Morgan fingerprint density at radius 3 is 2.43 bits per heavy atom. The van der Waals surface area contributed by atoms with Crippen molar-refractivity contribution in [3.63, 3.8) is 0 Å². The molecule has 4 nitrogen and oxygen atoms in total. The molecule has 2 aromatic rings. The Balaban J connectivity index is 2.17. The van der Waals surface area contributed by atoms with E-state index in [1.54, 1.807) is 13.2 Å². The summed E-state index contributed by atoms with van der Waals surface area (Å²) in [5.74, 6) is 0.446. The summed E-state index contributed by atoms with van der Waals surface area (Å²) in [7, 11) is 1.59. The largest absolute Gasteiger partial charge is 0.496 e. The van der Waals surface area contributed by atoms with Crippen molar-refractivity contribution in [1.82, 2.24) is 0 Å². The Labute approximate surface area is 143 Å². The maximum Gasteiger partial charge on any atom is 0.345 e. The summed E-state index contributed by atoms with van der Waals surface area (Å²) >= 11 is 8.08. The number of benzene rings is 1. The van der Waals surface area contributed by atoms with Crippen molar-refractivity contribution in [3.8, 4) is 11.5 Å². The molecule has 0 aliphatic heterocycles. The quantitative estimate of drug-likeness (QED) is 0.727. The molecule has 0 saturated carbocycles. The van der Waals surface area contributed by atoms with E-state index in [0.717, 1.165) is 19.4 Å². The van der Waals surface area contributed by atoms with Gasteiger partial charge in [0.1, 0.15) is 23.0 Å². The zero-order valence-corrected chi connectivity index (χ0v) is 15.3. The Hall–Kier alpha value is -1.05. The molecule has 2 rings (SSSR count). The van der Waals surface area contributed by atoms with Gasteiger partial charge < -0.3 is 14.6 Å². The molecule has 1 aromatic heterocycles. The number of aromatic carboxylic acids is 1. The summed E-state index contributed by atoms with van der Waals surface area (Å²) in [4.78, 5) is 12.2. The molecule has 0 spiro atoms. The van der Waals surface area contributed by atoms with Crippen LogP contribution in [0.15, 0.2) is 27.1 Å². The number of thiophene rings is 1. The Morgan fingerprint density at radius 1 is 1.24 bits per heavy atom. The van der Waals surface area contributed by atoms with Gasteiger partial charge >= 0.3 is 5.97 Å². The van der Waals surface area contributed by atoms with Crippen molar-refractivity contribution in [3.05, 3.63) is 42.5 Å². The number of hydrogen-bond acceptors (Lipinski definition) is 4. The van der Waals surface area contributed by atoms with Crippen molar-refractivity contribution >= 4 is 49.2 Å². The molecule has 7 heteroatoms. The van der Waals surface area contributed by atoms with Gasteiger partial charge in [-0.1, -0.05) is 0 Å². The number of carboxylic acid groups (broad SMARTS) is 1. The number of carboxylic acids is 1. The zero-order valence-electron chi connectivity index (χ0n) is 11.3. The Kier molecular flexibility index (Phi) is 5.29. The van der Waals surface area contributed by atoms with E-state index in [1.165, 1.54) is 11.3 Å². The van der Waals surface area contributed by atoms with Gasteiger partial charge in [0.05, 0.1) is 16.1 Å². The fraction of sp³-hybridized carbons (Fsp3) is 0.214. The van der Waals surface area contributed by atoms with Crippen molar-refractivity contribution in [2.24, 2.45) is 0 Å². The second-order valence-corrected chi connectivity index (χ2v) is 7.17. The van der Waals surface area contributed by atoms with Gasteiger partial charge in [-0.15, -0.1) is 11.3 Å². The molecule has 1 heterocycles. The summed E-state index contributed by atoms with van der Waals surface area (Å²) in [6.45, 7) is 2.20. The first kappa shape index (κ1) is 16.3. The minimum absolute atomic E-state index is 0.312. The maximum absolute atomic E-state index is 11.0. The van der Waals surface area contributed by atoms with Crippen LogP contribution in [0.1, 0.15) is 20.1 Å². The molecular weight excluding hydrogens is 424 g/mol. The normalized spacial score (nSPS) is 10.5. The molecule has 0 bridgehead atoms. The van der Waals surface area contributed by atoms with Crippen molar-refractivity contribution in [1.29, 1.82) is 0 Å². The fourth-order valence-electron chi connectivity index (χ4n) is 1.70. The first-order chi connectivity index (χ1) is 9.92. The molecule has 0 atom stereocenters. The predicted octanol–water partition coefficient (Wildman–Crippen LogP) is 4.87. The van der Waals surface area contributed by atoms with Gasteiger partial charge in [-0.25, -0.2) is 4.79 Å². The molecule has 0 aliphatic rings. The van der Waals surface area contributed by atoms with Crippen LogP contribution in [0, 0.1) is 6.92 Å². The third kappa shape index (κ3) is 3.78. The number of rotatable bonds is 5. The average molecular weight is 436 g/mol. The van der Waals surface area contributed by atoms with Crippen LogP contribution in [-0.2, 0) is 6.61 Å². The topological polar surface area (TPSA) is 55.8 Å². The van der Waals surface area contributed by atoms with E-state index in [0.29, 0.717) is 23.0 Å². The third-order valence-corrected chi connectivity index (χ3v) is 5.14. The van der Waals surface area contributed by atoms with E-state index < -0.39 is 5.97 Å². The van der Waals surface area contributed by atoms with Crippen molar-refractivity contribution in [2.75, 3.05) is 7.11 Å². The number of halogens is 2. The van der Waals surface area contributed by atoms with Crippen molar-refractivity contribution in [2.45, 2.75) is 13.5 Å².